The van der Waals surface area contributed by atoms with Crippen LogP contribution < -0.4 is 5.73 Å². The van der Waals surface area contributed by atoms with Crippen molar-refractivity contribution in [2.75, 3.05) is 5.73 Å². The van der Waals surface area contributed by atoms with Gasteiger partial charge in [-0.1, -0.05) is 12.1 Å². The quantitative estimate of drug-likeness (QED) is 0.791. The number of anilines is 1. The Kier molecular flexibility index (Phi) is 2.18. The number of nitrogens with two attached hydrogens (primary N) is 1. The first-order chi connectivity index (χ1) is 6.74. The molecular formula is C10H9FN2O. The summed E-state index contributed by atoms with van der Waals surface area (Å²) in [4.78, 5) is 3.92. The molecule has 0 aliphatic heterocycles. The molecule has 0 bridgehead atoms. The van der Waals surface area contributed by atoms with Crippen molar-refractivity contribution in [2.24, 2.45) is 0 Å². The van der Waals surface area contributed by atoms with Gasteiger partial charge < -0.3 is 10.2 Å². The molecule has 0 saturated carbocycles. The molecular weight excluding hydrogens is 183 g/mol. The van der Waals surface area contributed by atoms with Gasteiger partial charge in [0.05, 0.1) is 5.69 Å². The van der Waals surface area contributed by atoms with E-state index in [0.29, 0.717) is 12.1 Å². The van der Waals surface area contributed by atoms with E-state index in [2.05, 4.69) is 4.98 Å². The molecule has 2 N–H and O–H groups in total. The summed E-state index contributed by atoms with van der Waals surface area (Å²) >= 11 is 0. The molecule has 0 radical (unpaired) electrons. The second kappa shape index (κ2) is 3.49. The van der Waals surface area contributed by atoms with Gasteiger partial charge in [-0.2, -0.15) is 4.98 Å². The normalized spacial score (nSPS) is 10.4. The van der Waals surface area contributed by atoms with E-state index in [9.17, 15) is 4.39 Å². The molecule has 2 aromatic rings. The van der Waals surface area contributed by atoms with Gasteiger partial charge in [0.25, 0.3) is 6.01 Å². The number of nitrogen functional groups attached to an aromatic ring is 1. The topological polar surface area (TPSA) is 52.0 Å². The Bertz CT molecular complexity index is 439. The molecule has 1 heterocycles. The van der Waals surface area contributed by atoms with Crippen molar-refractivity contribution in [1.29, 1.82) is 0 Å². The molecule has 0 fully saturated rings. The van der Waals surface area contributed by atoms with Crippen LogP contribution in [0, 0.1) is 5.82 Å². The highest BCUT2D eigenvalue weighted by Gasteiger charge is 2.02. The van der Waals surface area contributed by atoms with Gasteiger partial charge in [-0.25, -0.2) is 4.39 Å². The molecule has 1 aromatic carbocycles. The molecule has 3 nitrogen and oxygen atoms in total. The average molecular weight is 192 g/mol. The van der Waals surface area contributed by atoms with Crippen LogP contribution in [0.2, 0.25) is 0 Å². The summed E-state index contributed by atoms with van der Waals surface area (Å²) in [7, 11) is 0. The van der Waals surface area contributed by atoms with Gasteiger partial charge in [-0.3, -0.25) is 0 Å². The molecule has 2 rings (SSSR count). The summed E-state index contributed by atoms with van der Waals surface area (Å²) < 4.78 is 17.6. The predicted octanol–water partition coefficient (Wildman–Crippen LogP) is 1.99. The van der Waals surface area contributed by atoms with E-state index < -0.39 is 0 Å². The fourth-order valence-electron chi connectivity index (χ4n) is 1.26. The lowest BCUT2D eigenvalue weighted by molar-refractivity contribution is 0.578. The smallest absolute Gasteiger partial charge is 0.292 e. The van der Waals surface area contributed by atoms with E-state index in [0.717, 1.165) is 5.56 Å². The molecule has 0 aliphatic carbocycles. The number of halogens is 1. The zero-order chi connectivity index (χ0) is 9.97. The summed E-state index contributed by atoms with van der Waals surface area (Å²) in [6.45, 7) is 0. The average Bonchev–Trinajstić information content (AvgIpc) is 2.51. The van der Waals surface area contributed by atoms with Crippen molar-refractivity contribution in [2.45, 2.75) is 6.42 Å². The highest BCUT2D eigenvalue weighted by Crippen LogP contribution is 2.11. The lowest BCUT2D eigenvalue weighted by Gasteiger charge is -1.96. The van der Waals surface area contributed by atoms with E-state index >= 15 is 0 Å². The SMILES string of the molecule is Nc1nc(Cc2cccc(F)c2)co1. The predicted molar refractivity (Wildman–Crippen MR) is 50.1 cm³/mol. The van der Waals surface area contributed by atoms with E-state index in [1.54, 1.807) is 6.07 Å². The van der Waals surface area contributed by atoms with Gasteiger partial charge in [-0.05, 0) is 17.7 Å². The zero-order valence-corrected chi connectivity index (χ0v) is 7.40. The lowest BCUT2D eigenvalue weighted by Crippen LogP contribution is -1.90. The third kappa shape index (κ3) is 1.90. The Labute approximate surface area is 80.4 Å². The molecule has 4 heteroatoms. The molecule has 1 aromatic heterocycles. The van der Waals surface area contributed by atoms with Crippen LogP contribution in [0.1, 0.15) is 11.3 Å². The number of aromatic nitrogens is 1. The maximum atomic E-state index is 12.8. The van der Waals surface area contributed by atoms with Crippen molar-refractivity contribution in [1.82, 2.24) is 4.98 Å². The zero-order valence-electron chi connectivity index (χ0n) is 7.40. The van der Waals surface area contributed by atoms with Gasteiger partial charge in [0.15, 0.2) is 0 Å². The van der Waals surface area contributed by atoms with E-state index in [1.807, 2.05) is 6.07 Å². The van der Waals surface area contributed by atoms with Crippen LogP contribution >= 0.6 is 0 Å². The summed E-state index contributed by atoms with van der Waals surface area (Å²) in [5.74, 6) is -0.251. The van der Waals surface area contributed by atoms with Crippen LogP contribution in [0.25, 0.3) is 0 Å². The summed E-state index contributed by atoms with van der Waals surface area (Å²) in [6.07, 6.45) is 2.00. The molecule has 0 saturated heterocycles. The standard InChI is InChI=1S/C10H9FN2O/c11-8-3-1-2-7(4-8)5-9-6-14-10(12)13-9/h1-4,6H,5H2,(H2,12,13). The van der Waals surface area contributed by atoms with Crippen molar-refractivity contribution in [3.8, 4) is 0 Å². The molecule has 14 heavy (non-hydrogen) atoms. The van der Waals surface area contributed by atoms with Gasteiger partial charge >= 0.3 is 0 Å². The van der Waals surface area contributed by atoms with Crippen LogP contribution in [0.5, 0.6) is 0 Å². The molecule has 0 aliphatic rings. The third-order valence-electron chi connectivity index (χ3n) is 1.84. The first-order valence-corrected chi connectivity index (χ1v) is 4.18. The number of oxazole rings is 1. The number of hydrogen-bond acceptors (Lipinski definition) is 3. The summed E-state index contributed by atoms with van der Waals surface area (Å²) in [6, 6.07) is 6.49. The van der Waals surface area contributed by atoms with E-state index in [4.69, 9.17) is 10.2 Å². The fourth-order valence-corrected chi connectivity index (χ4v) is 1.26. The van der Waals surface area contributed by atoms with E-state index in [-0.39, 0.29) is 11.8 Å². The van der Waals surface area contributed by atoms with Crippen LogP contribution in [-0.2, 0) is 6.42 Å². The summed E-state index contributed by atoms with van der Waals surface area (Å²) in [5.41, 5.74) is 6.86. The van der Waals surface area contributed by atoms with Crippen LogP contribution in [0.15, 0.2) is 34.9 Å². The molecule has 72 valence electrons. The van der Waals surface area contributed by atoms with E-state index in [1.165, 1.54) is 18.4 Å². The maximum Gasteiger partial charge on any atom is 0.292 e. The Morgan fingerprint density at radius 3 is 2.93 bits per heavy atom. The number of nitrogens with zero attached hydrogens (tertiary/aromatic N) is 1. The van der Waals surface area contributed by atoms with Gasteiger partial charge in [0.2, 0.25) is 0 Å². The second-order valence-corrected chi connectivity index (χ2v) is 2.98. The van der Waals surface area contributed by atoms with Gasteiger partial charge in [0, 0.05) is 6.42 Å². The Morgan fingerprint density at radius 2 is 2.29 bits per heavy atom. The highest BCUT2D eigenvalue weighted by molar-refractivity contribution is 5.23. The van der Waals surface area contributed by atoms with Gasteiger partial charge in [-0.15, -0.1) is 0 Å². The number of hydrogen-bond donors (Lipinski definition) is 1. The number of rotatable bonds is 2. The third-order valence-corrected chi connectivity index (χ3v) is 1.84. The minimum absolute atomic E-state index is 0.136. The largest absolute Gasteiger partial charge is 0.432 e. The van der Waals surface area contributed by atoms with Crippen LogP contribution in [-0.4, -0.2) is 4.98 Å². The monoisotopic (exact) mass is 192 g/mol. The van der Waals surface area contributed by atoms with Crippen molar-refractivity contribution in [3.05, 3.63) is 47.6 Å². The van der Waals surface area contributed by atoms with Crippen molar-refractivity contribution in [3.63, 3.8) is 0 Å². The minimum atomic E-state index is -0.251. The first-order valence-electron chi connectivity index (χ1n) is 4.18. The Hall–Kier alpha value is -1.84. The van der Waals surface area contributed by atoms with Crippen molar-refractivity contribution >= 4 is 6.01 Å². The maximum absolute atomic E-state index is 12.8. The van der Waals surface area contributed by atoms with Crippen LogP contribution in [0.3, 0.4) is 0 Å². The summed E-state index contributed by atoms with van der Waals surface area (Å²) in [5, 5.41) is 0. The van der Waals surface area contributed by atoms with Gasteiger partial charge in [0.1, 0.15) is 12.1 Å². The van der Waals surface area contributed by atoms with Crippen LogP contribution in [0.4, 0.5) is 10.4 Å². The fraction of sp³-hybridized carbons (Fsp3) is 0.100. The molecule has 0 amide bonds. The Morgan fingerprint density at radius 1 is 1.43 bits per heavy atom. The second-order valence-electron chi connectivity index (χ2n) is 2.98. The molecule has 0 spiro atoms. The number of benzene rings is 1. The van der Waals surface area contributed by atoms with Crippen molar-refractivity contribution < 1.29 is 8.81 Å². The first kappa shape index (κ1) is 8.74. The molecule has 0 atom stereocenters. The Balaban J connectivity index is 2.18. The highest BCUT2D eigenvalue weighted by atomic mass is 19.1. The minimum Gasteiger partial charge on any atom is -0.432 e. The lowest BCUT2D eigenvalue weighted by atomic mass is 10.1. The molecule has 0 unspecified atom stereocenters.